The average Bonchev–Trinajstić information content (AvgIpc) is 3.23. The molecular formula is C45H47F5N4O8. The number of pyridine rings is 2. The molecule has 17 heteroatoms. The van der Waals surface area contributed by atoms with Crippen LogP contribution in [-0.2, 0) is 46.5 Å². The van der Waals surface area contributed by atoms with Gasteiger partial charge in [0.2, 0.25) is 5.91 Å². The predicted molar refractivity (Wildman–Crippen MR) is 219 cm³/mol. The lowest BCUT2D eigenvalue weighted by molar-refractivity contribution is -0.165. The number of carboxylic acids is 2. The van der Waals surface area contributed by atoms with Gasteiger partial charge in [0, 0.05) is 49.2 Å². The zero-order chi connectivity index (χ0) is 45.5. The van der Waals surface area contributed by atoms with E-state index in [9.17, 15) is 41.1 Å². The maximum absolute atomic E-state index is 14.6. The van der Waals surface area contributed by atoms with Crippen molar-refractivity contribution in [2.75, 3.05) is 13.1 Å². The van der Waals surface area contributed by atoms with Gasteiger partial charge in [0.25, 0.3) is 0 Å². The highest BCUT2D eigenvalue weighted by molar-refractivity contribution is 5.83. The number of aliphatic hydroxyl groups excluding tert-OH is 2. The van der Waals surface area contributed by atoms with Crippen LogP contribution in [0.5, 0.6) is 0 Å². The van der Waals surface area contributed by atoms with Gasteiger partial charge in [-0.15, -0.1) is 0 Å². The van der Waals surface area contributed by atoms with Crippen LogP contribution >= 0.6 is 0 Å². The third-order valence-corrected chi connectivity index (χ3v) is 10.8. The highest BCUT2D eigenvalue weighted by atomic mass is 19.4. The normalized spacial score (nSPS) is 14.7. The van der Waals surface area contributed by atoms with E-state index in [4.69, 9.17) is 20.4 Å². The fraction of sp³-hybridized carbons (Fsp3) is 0.356. The fourth-order valence-electron chi connectivity index (χ4n) is 7.25. The lowest BCUT2D eigenvalue weighted by atomic mass is 9.96. The lowest BCUT2D eigenvalue weighted by Gasteiger charge is -2.44. The van der Waals surface area contributed by atoms with E-state index in [0.717, 1.165) is 55.3 Å². The van der Waals surface area contributed by atoms with Crippen molar-refractivity contribution in [3.8, 4) is 11.1 Å². The number of fused-ring (bicyclic) bond motifs is 1. The SMILES string of the molecule is CC(C)(C)N1CCC(N(Cc2ccc(-c3ccc(C(F)(F)F)cc3)cc2)C(=O)Cn2c(CCc3cccc(F)c3F)cc(=O)c3cccnc32)CC1.O=C(O)[C@H](O)[C@@H](O)C(=O)O. The van der Waals surface area contributed by atoms with E-state index in [1.165, 1.54) is 30.3 Å². The minimum atomic E-state index is -4.42. The third-order valence-electron chi connectivity index (χ3n) is 10.8. The Balaban J connectivity index is 0.000000646. The Morgan fingerprint density at radius 3 is 1.95 bits per heavy atom. The van der Waals surface area contributed by atoms with Gasteiger partial charge in [-0.3, -0.25) is 14.5 Å². The molecule has 1 aliphatic rings. The average molecular weight is 867 g/mol. The Labute approximate surface area is 353 Å². The molecule has 1 amide bonds. The zero-order valence-corrected chi connectivity index (χ0v) is 34.1. The molecule has 62 heavy (non-hydrogen) atoms. The Bertz CT molecular complexity index is 2410. The van der Waals surface area contributed by atoms with E-state index in [-0.39, 0.29) is 47.9 Å². The fourth-order valence-corrected chi connectivity index (χ4v) is 7.25. The van der Waals surface area contributed by atoms with Crippen molar-refractivity contribution in [1.29, 1.82) is 0 Å². The van der Waals surface area contributed by atoms with Crippen LogP contribution in [-0.4, -0.2) is 94.5 Å². The molecule has 6 rings (SSSR count). The number of aromatic nitrogens is 2. The van der Waals surface area contributed by atoms with Crippen LogP contribution in [0.2, 0.25) is 0 Å². The summed E-state index contributed by atoms with van der Waals surface area (Å²) in [6, 6.07) is 21.1. The molecule has 0 radical (unpaired) electrons. The summed E-state index contributed by atoms with van der Waals surface area (Å²) in [5, 5.41) is 32.9. The van der Waals surface area contributed by atoms with Crippen molar-refractivity contribution in [3.05, 3.63) is 135 Å². The number of carbonyl (C=O) groups excluding carboxylic acids is 1. The van der Waals surface area contributed by atoms with E-state index in [0.29, 0.717) is 28.8 Å². The number of alkyl halides is 3. The number of carbonyl (C=O) groups is 3. The van der Waals surface area contributed by atoms with Gasteiger partial charge >= 0.3 is 18.1 Å². The van der Waals surface area contributed by atoms with Crippen LogP contribution < -0.4 is 5.43 Å². The molecule has 2 aromatic heterocycles. The van der Waals surface area contributed by atoms with Crippen molar-refractivity contribution in [2.45, 2.75) is 89.5 Å². The molecule has 0 saturated carbocycles. The zero-order valence-electron chi connectivity index (χ0n) is 34.1. The minimum absolute atomic E-state index is 0.0233. The van der Waals surface area contributed by atoms with Gasteiger partial charge in [0.1, 0.15) is 12.2 Å². The number of benzene rings is 3. The molecule has 0 spiro atoms. The summed E-state index contributed by atoms with van der Waals surface area (Å²) < 4.78 is 69.6. The van der Waals surface area contributed by atoms with Crippen molar-refractivity contribution in [1.82, 2.24) is 19.4 Å². The highest BCUT2D eigenvalue weighted by Crippen LogP contribution is 2.32. The van der Waals surface area contributed by atoms with Gasteiger partial charge in [-0.05, 0) is 99.0 Å². The number of aliphatic carboxylic acids is 2. The number of likely N-dealkylation sites (tertiary alicyclic amines) is 1. The molecule has 0 bridgehead atoms. The second kappa shape index (κ2) is 19.8. The third kappa shape index (κ3) is 11.7. The van der Waals surface area contributed by atoms with Crippen LogP contribution in [0.4, 0.5) is 22.0 Å². The molecule has 2 atom stereocenters. The predicted octanol–water partition coefficient (Wildman–Crippen LogP) is 6.31. The van der Waals surface area contributed by atoms with Crippen molar-refractivity contribution < 1.29 is 56.8 Å². The smallest absolute Gasteiger partial charge is 0.416 e. The first kappa shape index (κ1) is 47.0. The van der Waals surface area contributed by atoms with Gasteiger partial charge in [-0.25, -0.2) is 23.4 Å². The van der Waals surface area contributed by atoms with Crippen LogP contribution in [0.3, 0.4) is 0 Å². The number of piperidine rings is 1. The second-order valence-electron chi connectivity index (χ2n) is 15.9. The molecule has 3 aromatic carbocycles. The minimum Gasteiger partial charge on any atom is -0.479 e. The molecule has 3 heterocycles. The molecule has 5 aromatic rings. The quantitative estimate of drug-likeness (QED) is 0.104. The number of hydrogen-bond acceptors (Lipinski definition) is 8. The van der Waals surface area contributed by atoms with Crippen LogP contribution in [0.25, 0.3) is 22.2 Å². The number of hydrogen-bond donors (Lipinski definition) is 4. The van der Waals surface area contributed by atoms with E-state index in [2.05, 4.69) is 30.7 Å². The molecule has 12 nitrogen and oxygen atoms in total. The lowest BCUT2D eigenvalue weighted by Crippen LogP contribution is -2.52. The first-order valence-corrected chi connectivity index (χ1v) is 19.7. The number of aryl methyl sites for hydroxylation is 2. The Kier molecular flexibility index (Phi) is 15.0. The van der Waals surface area contributed by atoms with Gasteiger partial charge in [-0.2, -0.15) is 13.2 Å². The summed E-state index contributed by atoms with van der Waals surface area (Å²) in [6.45, 7) is 8.27. The second-order valence-corrected chi connectivity index (χ2v) is 15.9. The molecular weight excluding hydrogens is 820 g/mol. The van der Waals surface area contributed by atoms with Crippen molar-refractivity contribution >= 4 is 28.9 Å². The van der Waals surface area contributed by atoms with Gasteiger partial charge in [0.05, 0.1) is 10.9 Å². The monoisotopic (exact) mass is 866 g/mol. The molecule has 1 saturated heterocycles. The van der Waals surface area contributed by atoms with Crippen molar-refractivity contribution in [3.63, 3.8) is 0 Å². The number of halogens is 5. The van der Waals surface area contributed by atoms with E-state index < -0.39 is 47.5 Å². The Morgan fingerprint density at radius 1 is 0.823 bits per heavy atom. The summed E-state index contributed by atoms with van der Waals surface area (Å²) in [6.07, 6.45) is -5.62. The number of rotatable bonds is 12. The Morgan fingerprint density at radius 2 is 1.40 bits per heavy atom. The van der Waals surface area contributed by atoms with E-state index >= 15 is 0 Å². The Hall–Kier alpha value is -6.04. The van der Waals surface area contributed by atoms with Crippen molar-refractivity contribution in [2.24, 2.45) is 0 Å². The van der Waals surface area contributed by atoms with Crippen LogP contribution in [0.15, 0.2) is 95.9 Å². The molecule has 330 valence electrons. The molecule has 0 unspecified atom stereocenters. The van der Waals surface area contributed by atoms with Crippen LogP contribution in [0.1, 0.15) is 56.0 Å². The molecule has 0 aliphatic carbocycles. The standard InChI is InChI=1S/C41H41F5N4O2.C4H6O6/c1-40(2,3)48-22-19-32(20-23-48)49(25-27-9-11-28(12-10-27)29-13-16-31(17-14-29)41(44,45)46)37(52)26-50-33(18-15-30-6-4-8-35(42)38(30)43)24-36(51)34-7-5-21-47-39(34)50;5-1(3(7)8)2(6)4(9)10/h4-14,16-17,21,24,32H,15,18-20,22-23,25-26H2,1-3H3;1-2,5-6H,(H,7,8)(H,9,10)/t;1-,2-/m.1/s1. The highest BCUT2D eigenvalue weighted by Gasteiger charge is 2.33. The molecule has 4 N–H and O–H groups in total. The van der Waals surface area contributed by atoms with E-state index in [1.807, 2.05) is 29.2 Å². The summed E-state index contributed by atoms with van der Waals surface area (Å²) in [4.78, 5) is 56.0. The maximum atomic E-state index is 14.6. The summed E-state index contributed by atoms with van der Waals surface area (Å²) in [5.74, 6) is -5.62. The number of nitrogens with zero attached hydrogens (tertiary/aromatic N) is 4. The largest absolute Gasteiger partial charge is 0.479 e. The first-order valence-electron chi connectivity index (χ1n) is 19.7. The summed E-state index contributed by atoms with van der Waals surface area (Å²) >= 11 is 0. The number of amides is 1. The maximum Gasteiger partial charge on any atom is 0.416 e. The summed E-state index contributed by atoms with van der Waals surface area (Å²) in [7, 11) is 0. The van der Waals surface area contributed by atoms with Gasteiger partial charge in [-0.1, -0.05) is 48.5 Å². The number of aliphatic hydroxyl groups is 2. The summed E-state index contributed by atoms with van der Waals surface area (Å²) in [5.41, 5.74) is 2.22. The van der Waals surface area contributed by atoms with E-state index in [1.54, 1.807) is 22.9 Å². The first-order chi connectivity index (χ1) is 29.1. The number of carboxylic acid groups (broad SMARTS) is 2. The van der Waals surface area contributed by atoms with Gasteiger partial charge < -0.3 is 29.9 Å². The topological polar surface area (TPSA) is 173 Å². The van der Waals surface area contributed by atoms with Gasteiger partial charge in [0.15, 0.2) is 29.3 Å². The molecule has 1 fully saturated rings. The van der Waals surface area contributed by atoms with Crippen LogP contribution in [0, 0.1) is 11.6 Å². The molecule has 1 aliphatic heterocycles.